The second kappa shape index (κ2) is 5.98. The molecule has 84 valence electrons. The molecule has 0 bridgehead atoms. The van der Waals surface area contributed by atoms with Crippen LogP contribution in [-0.4, -0.2) is 50.9 Å². The van der Waals surface area contributed by atoms with Crippen LogP contribution in [0.15, 0.2) is 0 Å². The SMILES string of the molecule is CCN(CCCN)C(=O)CS(C)(=O)=O. The largest absolute Gasteiger partial charge is 0.342 e. The molecule has 0 atom stereocenters. The second-order valence-corrected chi connectivity index (χ2v) is 5.33. The molecule has 0 radical (unpaired) electrons. The highest BCUT2D eigenvalue weighted by atomic mass is 32.2. The van der Waals surface area contributed by atoms with E-state index in [9.17, 15) is 13.2 Å². The van der Waals surface area contributed by atoms with Gasteiger partial charge in [-0.25, -0.2) is 8.42 Å². The first kappa shape index (κ1) is 13.4. The van der Waals surface area contributed by atoms with Crippen LogP contribution >= 0.6 is 0 Å². The maximum atomic E-state index is 11.4. The Bertz CT molecular complexity index is 274. The summed E-state index contributed by atoms with van der Waals surface area (Å²) in [7, 11) is -3.23. The van der Waals surface area contributed by atoms with Crippen LogP contribution in [0.25, 0.3) is 0 Å². The third-order valence-corrected chi connectivity index (χ3v) is 2.52. The molecule has 0 saturated heterocycles. The molecule has 0 heterocycles. The third kappa shape index (κ3) is 5.93. The van der Waals surface area contributed by atoms with E-state index in [1.807, 2.05) is 6.92 Å². The number of amides is 1. The zero-order valence-corrected chi connectivity index (χ0v) is 9.51. The highest BCUT2D eigenvalue weighted by molar-refractivity contribution is 7.91. The summed E-state index contributed by atoms with van der Waals surface area (Å²) in [5.74, 6) is -0.755. The molecule has 0 aromatic heterocycles. The van der Waals surface area contributed by atoms with E-state index in [1.54, 1.807) is 0 Å². The first-order chi connectivity index (χ1) is 6.40. The predicted octanol–water partition coefficient (Wildman–Crippen LogP) is -0.772. The van der Waals surface area contributed by atoms with Gasteiger partial charge in [0.1, 0.15) is 5.75 Å². The number of hydrogen-bond acceptors (Lipinski definition) is 4. The van der Waals surface area contributed by atoms with Gasteiger partial charge in [-0.3, -0.25) is 4.79 Å². The Morgan fingerprint density at radius 1 is 1.43 bits per heavy atom. The van der Waals surface area contributed by atoms with E-state index in [1.165, 1.54) is 4.90 Å². The Morgan fingerprint density at radius 2 is 2.00 bits per heavy atom. The lowest BCUT2D eigenvalue weighted by Crippen LogP contribution is -2.36. The molecule has 0 unspecified atom stereocenters. The molecule has 0 aliphatic heterocycles. The fourth-order valence-electron chi connectivity index (χ4n) is 1.06. The zero-order chi connectivity index (χ0) is 11.2. The van der Waals surface area contributed by atoms with Gasteiger partial charge in [-0.2, -0.15) is 0 Å². The third-order valence-electron chi connectivity index (χ3n) is 1.75. The van der Waals surface area contributed by atoms with Gasteiger partial charge in [0.2, 0.25) is 5.91 Å². The molecular weight excluding hydrogens is 204 g/mol. The summed E-state index contributed by atoms with van der Waals surface area (Å²) in [6.45, 7) is 3.37. The fraction of sp³-hybridized carbons (Fsp3) is 0.875. The molecule has 0 fully saturated rings. The standard InChI is InChI=1S/C8H18N2O3S/c1-3-10(6-4-5-9)8(11)7-14(2,12)13/h3-7,9H2,1-2H3. The summed E-state index contributed by atoms with van der Waals surface area (Å²) in [6.07, 6.45) is 1.75. The van der Waals surface area contributed by atoms with Gasteiger partial charge in [0.25, 0.3) is 0 Å². The van der Waals surface area contributed by atoms with Crippen molar-refractivity contribution in [3.63, 3.8) is 0 Å². The monoisotopic (exact) mass is 222 g/mol. The molecule has 0 saturated carbocycles. The van der Waals surface area contributed by atoms with Gasteiger partial charge in [0.15, 0.2) is 9.84 Å². The average molecular weight is 222 g/mol. The Labute approximate surface area is 85.2 Å². The van der Waals surface area contributed by atoms with Crippen LogP contribution in [0, 0.1) is 0 Å². The van der Waals surface area contributed by atoms with E-state index >= 15 is 0 Å². The Morgan fingerprint density at radius 3 is 2.36 bits per heavy atom. The van der Waals surface area contributed by atoms with Gasteiger partial charge >= 0.3 is 0 Å². The first-order valence-corrected chi connectivity index (χ1v) is 6.62. The van der Waals surface area contributed by atoms with E-state index < -0.39 is 15.6 Å². The topological polar surface area (TPSA) is 80.5 Å². The maximum Gasteiger partial charge on any atom is 0.237 e. The molecule has 2 N–H and O–H groups in total. The van der Waals surface area contributed by atoms with Crippen molar-refractivity contribution in [2.75, 3.05) is 31.6 Å². The van der Waals surface area contributed by atoms with Crippen molar-refractivity contribution in [3.8, 4) is 0 Å². The molecule has 0 rings (SSSR count). The van der Waals surface area contributed by atoms with Gasteiger partial charge in [0, 0.05) is 19.3 Å². The van der Waals surface area contributed by atoms with E-state index in [-0.39, 0.29) is 5.91 Å². The van der Waals surface area contributed by atoms with Crippen molar-refractivity contribution in [2.45, 2.75) is 13.3 Å². The van der Waals surface area contributed by atoms with Crippen LogP contribution in [0.5, 0.6) is 0 Å². The summed E-state index contributed by atoms with van der Waals surface area (Å²) < 4.78 is 21.7. The van der Waals surface area contributed by atoms with Gasteiger partial charge in [-0.05, 0) is 19.9 Å². The van der Waals surface area contributed by atoms with Crippen LogP contribution in [0.4, 0.5) is 0 Å². The second-order valence-electron chi connectivity index (χ2n) is 3.19. The van der Waals surface area contributed by atoms with Crippen molar-refractivity contribution < 1.29 is 13.2 Å². The summed E-state index contributed by atoms with van der Waals surface area (Å²) in [5.41, 5.74) is 5.30. The first-order valence-electron chi connectivity index (χ1n) is 4.56. The zero-order valence-electron chi connectivity index (χ0n) is 8.69. The summed E-state index contributed by atoms with van der Waals surface area (Å²) in [5, 5.41) is 0. The van der Waals surface area contributed by atoms with E-state index in [0.717, 1.165) is 6.26 Å². The molecule has 0 aliphatic rings. The minimum atomic E-state index is -3.23. The Kier molecular flexibility index (Phi) is 5.71. The molecule has 0 aromatic rings. The number of carbonyl (C=O) groups excluding carboxylic acids is 1. The highest BCUT2D eigenvalue weighted by Gasteiger charge is 2.16. The number of rotatable bonds is 6. The Hall–Kier alpha value is -0.620. The van der Waals surface area contributed by atoms with Crippen molar-refractivity contribution in [1.29, 1.82) is 0 Å². The lowest BCUT2D eigenvalue weighted by molar-refractivity contribution is -0.128. The lowest BCUT2D eigenvalue weighted by atomic mass is 10.3. The minimum Gasteiger partial charge on any atom is -0.342 e. The molecule has 14 heavy (non-hydrogen) atoms. The summed E-state index contributed by atoms with van der Waals surface area (Å²) >= 11 is 0. The smallest absolute Gasteiger partial charge is 0.237 e. The van der Waals surface area contributed by atoms with E-state index in [4.69, 9.17) is 5.73 Å². The van der Waals surface area contributed by atoms with Crippen molar-refractivity contribution in [3.05, 3.63) is 0 Å². The number of hydrogen-bond donors (Lipinski definition) is 1. The molecule has 0 aromatic carbocycles. The quantitative estimate of drug-likeness (QED) is 0.640. The van der Waals surface area contributed by atoms with Crippen LogP contribution in [0.1, 0.15) is 13.3 Å². The number of nitrogens with two attached hydrogens (primary N) is 1. The normalized spacial score (nSPS) is 11.4. The van der Waals surface area contributed by atoms with Gasteiger partial charge in [-0.15, -0.1) is 0 Å². The molecule has 1 amide bonds. The maximum absolute atomic E-state index is 11.4. The average Bonchev–Trinajstić information content (AvgIpc) is 2.02. The van der Waals surface area contributed by atoms with E-state index in [0.29, 0.717) is 26.1 Å². The van der Waals surface area contributed by atoms with Crippen LogP contribution in [-0.2, 0) is 14.6 Å². The van der Waals surface area contributed by atoms with Gasteiger partial charge in [0.05, 0.1) is 0 Å². The molecule has 5 nitrogen and oxygen atoms in total. The number of sulfone groups is 1. The summed E-state index contributed by atoms with van der Waals surface area (Å²) in [4.78, 5) is 12.9. The van der Waals surface area contributed by atoms with Gasteiger partial charge < -0.3 is 10.6 Å². The molecule has 0 aliphatic carbocycles. The van der Waals surface area contributed by atoms with Crippen LogP contribution in [0.3, 0.4) is 0 Å². The van der Waals surface area contributed by atoms with E-state index in [2.05, 4.69) is 0 Å². The van der Waals surface area contributed by atoms with Crippen molar-refractivity contribution in [2.24, 2.45) is 5.73 Å². The highest BCUT2D eigenvalue weighted by Crippen LogP contribution is 1.95. The van der Waals surface area contributed by atoms with Crippen LogP contribution < -0.4 is 5.73 Å². The molecule has 0 spiro atoms. The number of carbonyl (C=O) groups is 1. The number of nitrogens with zero attached hydrogens (tertiary/aromatic N) is 1. The predicted molar refractivity (Wildman–Crippen MR) is 55.6 cm³/mol. The fourth-order valence-corrected chi connectivity index (χ4v) is 1.69. The molecular formula is C8H18N2O3S. The Balaban J connectivity index is 4.18. The van der Waals surface area contributed by atoms with Crippen LogP contribution in [0.2, 0.25) is 0 Å². The minimum absolute atomic E-state index is 0.344. The van der Waals surface area contributed by atoms with Crippen molar-refractivity contribution in [1.82, 2.24) is 4.90 Å². The lowest BCUT2D eigenvalue weighted by Gasteiger charge is -2.19. The summed E-state index contributed by atoms with van der Waals surface area (Å²) in [6, 6.07) is 0. The van der Waals surface area contributed by atoms with Crippen molar-refractivity contribution >= 4 is 15.7 Å². The van der Waals surface area contributed by atoms with Gasteiger partial charge in [-0.1, -0.05) is 0 Å². The molecule has 6 heteroatoms.